The van der Waals surface area contributed by atoms with Crippen LogP contribution in [0.3, 0.4) is 0 Å². The Kier molecular flexibility index (Phi) is 4.51. The fraction of sp³-hybridized carbons (Fsp3) is 0.417. The maximum Gasteiger partial charge on any atom is 0.409 e. The fourth-order valence-electron chi connectivity index (χ4n) is 1.78. The van der Waals surface area contributed by atoms with E-state index in [2.05, 4.69) is 4.74 Å². The number of methoxy groups -OCH3 is 1. The largest absolute Gasteiger partial charge is 0.507 e. The molecule has 0 saturated carbocycles. The number of carbonyl (C=O) groups is 1. The molecule has 1 aromatic rings. The van der Waals surface area contributed by atoms with Crippen LogP contribution in [0.4, 0.5) is 22.0 Å². The Morgan fingerprint density at radius 1 is 1.26 bits per heavy atom. The highest BCUT2D eigenvalue weighted by Crippen LogP contribution is 2.52. The molecular formula is C12H9F5O5S. The van der Waals surface area contributed by atoms with E-state index in [1.54, 1.807) is 0 Å². The highest BCUT2D eigenvalue weighted by atomic mass is 32.2. The van der Waals surface area contributed by atoms with Gasteiger partial charge in [-0.1, -0.05) is 0 Å². The molecular weight excluding hydrogens is 351 g/mol. The van der Waals surface area contributed by atoms with E-state index in [1.165, 1.54) is 0 Å². The quantitative estimate of drug-likeness (QED) is 0.506. The zero-order valence-electron chi connectivity index (χ0n) is 11.3. The summed E-state index contributed by atoms with van der Waals surface area (Å²) in [7, 11) is 0.569. The summed E-state index contributed by atoms with van der Waals surface area (Å²) in [4.78, 5) is 10.5. The third kappa shape index (κ3) is 3.54. The number of halogens is 5. The topological polar surface area (TPSA) is 65.0 Å². The smallest absolute Gasteiger partial charge is 0.409 e. The first-order valence-electron chi connectivity index (χ1n) is 5.90. The van der Waals surface area contributed by atoms with Gasteiger partial charge in [0.2, 0.25) is 12.7 Å². The number of carbonyl (C=O) groups excluding carboxylic acids is 1. The van der Waals surface area contributed by atoms with Crippen molar-refractivity contribution in [1.82, 2.24) is 0 Å². The molecule has 0 aliphatic carbocycles. The number of alkyl halides is 5. The summed E-state index contributed by atoms with van der Waals surface area (Å²) in [5.74, 6) is -6.49. The van der Waals surface area contributed by atoms with Crippen molar-refractivity contribution >= 4 is 17.7 Å². The van der Waals surface area contributed by atoms with Gasteiger partial charge in [0.25, 0.3) is 0 Å². The predicted octanol–water partition coefficient (Wildman–Crippen LogP) is 3.16. The number of benzene rings is 1. The van der Waals surface area contributed by atoms with Gasteiger partial charge >= 0.3 is 17.4 Å². The van der Waals surface area contributed by atoms with E-state index >= 15 is 0 Å². The second-order valence-corrected chi connectivity index (χ2v) is 5.52. The first-order valence-corrected chi connectivity index (χ1v) is 6.72. The van der Waals surface area contributed by atoms with Gasteiger partial charge in [0, 0.05) is 12.1 Å². The van der Waals surface area contributed by atoms with Crippen LogP contribution in [0, 0.1) is 5.92 Å². The van der Waals surface area contributed by atoms with Crippen LogP contribution in [-0.2, 0) is 9.53 Å². The van der Waals surface area contributed by atoms with Gasteiger partial charge < -0.3 is 19.3 Å². The third-order valence-electron chi connectivity index (χ3n) is 2.80. The van der Waals surface area contributed by atoms with E-state index in [-0.39, 0.29) is 18.3 Å². The molecule has 0 unspecified atom stereocenters. The summed E-state index contributed by atoms with van der Waals surface area (Å²) in [5.41, 5.74) is 0. The van der Waals surface area contributed by atoms with Crippen molar-refractivity contribution < 1.29 is 46.1 Å². The van der Waals surface area contributed by atoms with Crippen LogP contribution in [0.5, 0.6) is 17.2 Å². The summed E-state index contributed by atoms with van der Waals surface area (Å²) < 4.78 is 79.9. The van der Waals surface area contributed by atoms with Crippen LogP contribution in [-0.4, -0.2) is 36.4 Å². The monoisotopic (exact) mass is 360 g/mol. The summed E-state index contributed by atoms with van der Waals surface area (Å²) in [6, 6.07) is 1.84. The first kappa shape index (κ1) is 17.4. The first-order chi connectivity index (χ1) is 10.6. The van der Waals surface area contributed by atoms with E-state index in [4.69, 9.17) is 9.47 Å². The van der Waals surface area contributed by atoms with Crippen molar-refractivity contribution in [2.45, 2.75) is 16.3 Å². The van der Waals surface area contributed by atoms with Gasteiger partial charge in [-0.3, -0.25) is 4.79 Å². The molecule has 23 heavy (non-hydrogen) atoms. The molecule has 0 amide bonds. The van der Waals surface area contributed by atoms with Crippen LogP contribution in [0.2, 0.25) is 0 Å². The molecule has 1 heterocycles. The van der Waals surface area contributed by atoms with Crippen LogP contribution >= 0.6 is 11.8 Å². The van der Waals surface area contributed by atoms with E-state index < -0.39 is 45.7 Å². The second-order valence-electron chi connectivity index (χ2n) is 4.33. The fourth-order valence-corrected chi connectivity index (χ4v) is 2.75. The summed E-state index contributed by atoms with van der Waals surface area (Å²) in [6.45, 7) is -0.216. The number of aromatic hydroxyl groups is 1. The average Bonchev–Trinajstić information content (AvgIpc) is 2.83. The molecule has 1 aliphatic rings. The zero-order chi connectivity index (χ0) is 17.4. The Morgan fingerprint density at radius 3 is 2.35 bits per heavy atom. The minimum absolute atomic E-state index is 0.0114. The molecule has 0 bridgehead atoms. The number of rotatable bonds is 4. The number of phenols is 1. The summed E-state index contributed by atoms with van der Waals surface area (Å²) in [6.07, 6.45) is -5.53. The Balaban J connectivity index is 2.34. The summed E-state index contributed by atoms with van der Waals surface area (Å²) in [5, 5.41) is 5.02. The van der Waals surface area contributed by atoms with Gasteiger partial charge in [-0.2, -0.15) is 22.0 Å². The Morgan fingerprint density at radius 2 is 1.83 bits per heavy atom. The molecule has 0 spiro atoms. The molecule has 0 aromatic heterocycles. The minimum atomic E-state index is -5.53. The van der Waals surface area contributed by atoms with Crippen molar-refractivity contribution in [3.05, 3.63) is 12.1 Å². The molecule has 128 valence electrons. The highest BCUT2D eigenvalue weighted by molar-refractivity contribution is 8.00. The van der Waals surface area contributed by atoms with Crippen LogP contribution in [0.1, 0.15) is 0 Å². The standard InChI is InChI=1S/C12H9F5O5S/c1-20-10(19)9(11(13,14)15)12(16,17)23-8-3-7-6(2-5(8)18)21-4-22-7/h2-3,9,18H,4H2,1H3/t9-/m1/s1. The van der Waals surface area contributed by atoms with E-state index in [0.717, 1.165) is 12.1 Å². The predicted molar refractivity (Wildman–Crippen MR) is 66.6 cm³/mol. The third-order valence-corrected chi connectivity index (χ3v) is 3.86. The molecule has 1 N–H and O–H groups in total. The molecule has 2 rings (SSSR count). The molecule has 0 saturated heterocycles. The Bertz CT molecular complexity index is 619. The maximum atomic E-state index is 14.0. The molecule has 1 atom stereocenters. The zero-order valence-corrected chi connectivity index (χ0v) is 12.1. The SMILES string of the molecule is COC(=O)[C@H](C(F)(F)F)C(F)(F)Sc1cc2c(cc1O)OCO2. The molecule has 0 fully saturated rings. The molecule has 1 aliphatic heterocycles. The van der Waals surface area contributed by atoms with Crippen molar-refractivity contribution in [2.75, 3.05) is 13.9 Å². The highest BCUT2D eigenvalue weighted by Gasteiger charge is 2.61. The van der Waals surface area contributed by atoms with Gasteiger partial charge in [0.05, 0.1) is 12.0 Å². The number of hydrogen-bond acceptors (Lipinski definition) is 6. The van der Waals surface area contributed by atoms with Gasteiger partial charge in [0.15, 0.2) is 11.5 Å². The van der Waals surface area contributed by atoms with Crippen molar-refractivity contribution in [3.8, 4) is 17.2 Å². The second kappa shape index (κ2) is 5.95. The number of esters is 1. The lowest BCUT2D eigenvalue weighted by Crippen LogP contribution is -2.43. The van der Waals surface area contributed by atoms with E-state index in [0.29, 0.717) is 7.11 Å². The minimum Gasteiger partial charge on any atom is -0.507 e. The van der Waals surface area contributed by atoms with Crippen LogP contribution in [0.25, 0.3) is 0 Å². The van der Waals surface area contributed by atoms with Crippen molar-refractivity contribution in [2.24, 2.45) is 5.92 Å². The Hall–Kier alpha value is -1.91. The lowest BCUT2D eigenvalue weighted by Gasteiger charge is -2.26. The van der Waals surface area contributed by atoms with Gasteiger partial charge in [-0.05, 0) is 11.8 Å². The van der Waals surface area contributed by atoms with Crippen LogP contribution in [0.15, 0.2) is 17.0 Å². The van der Waals surface area contributed by atoms with Crippen molar-refractivity contribution in [3.63, 3.8) is 0 Å². The van der Waals surface area contributed by atoms with Gasteiger partial charge in [0.1, 0.15) is 5.75 Å². The lowest BCUT2D eigenvalue weighted by molar-refractivity contribution is -0.224. The number of thioether (sulfide) groups is 1. The van der Waals surface area contributed by atoms with Gasteiger partial charge in [-0.25, -0.2) is 0 Å². The average molecular weight is 360 g/mol. The Labute approximate surface area is 130 Å². The van der Waals surface area contributed by atoms with Crippen molar-refractivity contribution in [1.29, 1.82) is 0 Å². The molecule has 5 nitrogen and oxygen atoms in total. The maximum absolute atomic E-state index is 14.0. The van der Waals surface area contributed by atoms with E-state index in [1.807, 2.05) is 0 Å². The number of ether oxygens (including phenoxy) is 3. The van der Waals surface area contributed by atoms with Crippen LogP contribution < -0.4 is 9.47 Å². The number of phenolic OH excluding ortho intramolecular Hbond substituents is 1. The lowest BCUT2D eigenvalue weighted by atomic mass is 10.1. The molecule has 1 aromatic carbocycles. The number of fused-ring (bicyclic) bond motifs is 1. The molecule has 11 heteroatoms. The van der Waals surface area contributed by atoms with Gasteiger partial charge in [-0.15, -0.1) is 0 Å². The normalized spacial score (nSPS) is 15.4. The van der Waals surface area contributed by atoms with E-state index in [9.17, 15) is 31.9 Å². The molecule has 0 radical (unpaired) electrons. The number of hydrogen-bond donors (Lipinski definition) is 1. The summed E-state index contributed by atoms with van der Waals surface area (Å²) >= 11 is -0.623.